The zero-order chi connectivity index (χ0) is 19.2. The van der Waals surface area contributed by atoms with Gasteiger partial charge < -0.3 is 19.7 Å². The van der Waals surface area contributed by atoms with Gasteiger partial charge in [0.2, 0.25) is 11.6 Å². The van der Waals surface area contributed by atoms with Gasteiger partial charge in [0.25, 0.3) is 11.5 Å². The fourth-order valence-corrected chi connectivity index (χ4v) is 2.89. The fourth-order valence-electron chi connectivity index (χ4n) is 2.89. The molecule has 1 aliphatic heterocycles. The van der Waals surface area contributed by atoms with Crippen LogP contribution in [0.1, 0.15) is 23.8 Å². The van der Waals surface area contributed by atoms with Crippen molar-refractivity contribution >= 4 is 17.5 Å². The molecule has 1 aliphatic rings. The first-order chi connectivity index (χ1) is 13.2. The van der Waals surface area contributed by atoms with Gasteiger partial charge in [0, 0.05) is 39.0 Å². The number of hydrogen-bond acceptors (Lipinski definition) is 7. The quantitative estimate of drug-likeness (QED) is 0.688. The van der Waals surface area contributed by atoms with Crippen LogP contribution < -0.4 is 20.5 Å². The number of anilines is 2. The summed E-state index contributed by atoms with van der Waals surface area (Å²) in [6.45, 7) is 4.50. The number of amides is 1. The maximum Gasteiger partial charge on any atom is 0.286 e. The molecule has 0 aliphatic carbocycles. The lowest BCUT2D eigenvalue weighted by molar-refractivity contribution is 0.0940. The molecule has 0 fully saturated rings. The summed E-state index contributed by atoms with van der Waals surface area (Å²) in [6, 6.07) is 7.55. The Labute approximate surface area is 156 Å². The predicted octanol–water partition coefficient (Wildman–Crippen LogP) is 0.955. The number of carbonyl (C=O) groups excluding carboxylic acids is 1. The zero-order valence-electron chi connectivity index (χ0n) is 15.5. The largest absolute Gasteiger partial charge is 0.494 e. The van der Waals surface area contributed by atoms with Crippen LogP contribution in [0.4, 0.5) is 11.6 Å². The molecule has 27 heavy (non-hydrogen) atoms. The Morgan fingerprint density at radius 1 is 1.22 bits per heavy atom. The molecule has 9 nitrogen and oxygen atoms in total. The molecule has 0 spiro atoms. The first kappa shape index (κ1) is 18.8. The number of nitrogens with zero attached hydrogens (tertiary/aromatic N) is 4. The number of methoxy groups -OCH3 is 1. The van der Waals surface area contributed by atoms with Crippen LogP contribution in [0, 0.1) is 0 Å². The molecule has 1 aromatic heterocycles. The van der Waals surface area contributed by atoms with Gasteiger partial charge in [0.05, 0.1) is 6.61 Å². The summed E-state index contributed by atoms with van der Waals surface area (Å²) in [7, 11) is 1.59. The van der Waals surface area contributed by atoms with Gasteiger partial charge >= 0.3 is 0 Å². The maximum atomic E-state index is 12.6. The second-order valence-electron chi connectivity index (χ2n) is 5.99. The van der Waals surface area contributed by atoms with Crippen molar-refractivity contribution in [2.45, 2.75) is 19.9 Å². The van der Waals surface area contributed by atoms with E-state index in [2.05, 4.69) is 15.5 Å². The first-order valence-corrected chi connectivity index (χ1v) is 8.90. The van der Waals surface area contributed by atoms with Crippen LogP contribution in [-0.2, 0) is 11.3 Å². The van der Waals surface area contributed by atoms with E-state index >= 15 is 0 Å². The average Bonchev–Trinajstić information content (AvgIpc) is 3.11. The Morgan fingerprint density at radius 3 is 2.70 bits per heavy atom. The minimum Gasteiger partial charge on any atom is -0.494 e. The highest BCUT2D eigenvalue weighted by Crippen LogP contribution is 2.28. The van der Waals surface area contributed by atoms with Crippen molar-refractivity contribution in [3.8, 4) is 5.75 Å². The summed E-state index contributed by atoms with van der Waals surface area (Å²) in [6.07, 6.45) is 0.660. The Hall–Kier alpha value is -2.94. The summed E-state index contributed by atoms with van der Waals surface area (Å²) < 4.78 is 11.9. The maximum absolute atomic E-state index is 12.6. The fraction of sp³-hybridized carbons (Fsp3) is 0.444. The second-order valence-corrected chi connectivity index (χ2v) is 5.99. The molecular weight excluding hydrogens is 350 g/mol. The molecular formula is C18H23N5O4. The number of aromatic nitrogens is 3. The van der Waals surface area contributed by atoms with Crippen LogP contribution in [0.3, 0.4) is 0 Å². The van der Waals surface area contributed by atoms with Crippen LogP contribution in [0.25, 0.3) is 0 Å². The van der Waals surface area contributed by atoms with E-state index in [1.807, 2.05) is 36.1 Å². The number of fused-ring (bicyclic) bond motifs is 1. The number of nitrogens with one attached hydrogen (secondary N) is 1. The normalized spacial score (nSPS) is 12.7. The molecule has 1 aromatic carbocycles. The van der Waals surface area contributed by atoms with Gasteiger partial charge in [0.15, 0.2) is 0 Å². The van der Waals surface area contributed by atoms with Gasteiger partial charge in [-0.05, 0) is 37.6 Å². The van der Waals surface area contributed by atoms with E-state index in [1.165, 1.54) is 4.57 Å². The SMILES string of the molecule is CCOc1ccc(N2CCn3c2nnc(C(=O)NCCCOC)c3=O)cc1. The summed E-state index contributed by atoms with van der Waals surface area (Å²) >= 11 is 0. The minimum atomic E-state index is -0.515. The van der Waals surface area contributed by atoms with E-state index in [9.17, 15) is 9.59 Å². The standard InChI is InChI=1S/C18H23N5O4/c1-3-27-14-7-5-13(6-8-14)22-10-11-23-17(25)15(20-21-18(22)23)16(24)19-9-4-12-26-2/h5-8H,3-4,9-12H2,1-2H3,(H,19,24). The molecule has 0 atom stereocenters. The molecule has 2 heterocycles. The van der Waals surface area contributed by atoms with Crippen molar-refractivity contribution in [1.29, 1.82) is 0 Å². The Morgan fingerprint density at radius 2 is 2.00 bits per heavy atom. The minimum absolute atomic E-state index is 0.190. The van der Waals surface area contributed by atoms with E-state index < -0.39 is 11.5 Å². The van der Waals surface area contributed by atoms with Crippen molar-refractivity contribution in [2.75, 3.05) is 38.3 Å². The van der Waals surface area contributed by atoms with Gasteiger partial charge in [0.1, 0.15) is 5.75 Å². The topological polar surface area (TPSA) is 98.6 Å². The first-order valence-electron chi connectivity index (χ1n) is 8.90. The van der Waals surface area contributed by atoms with E-state index in [0.717, 1.165) is 11.4 Å². The van der Waals surface area contributed by atoms with E-state index in [4.69, 9.17) is 9.47 Å². The lowest BCUT2D eigenvalue weighted by Gasteiger charge is -2.17. The zero-order valence-corrected chi connectivity index (χ0v) is 15.5. The van der Waals surface area contributed by atoms with E-state index in [0.29, 0.717) is 45.2 Å². The van der Waals surface area contributed by atoms with Gasteiger partial charge in [-0.1, -0.05) is 0 Å². The van der Waals surface area contributed by atoms with Crippen molar-refractivity contribution in [1.82, 2.24) is 20.1 Å². The van der Waals surface area contributed by atoms with Crippen molar-refractivity contribution < 1.29 is 14.3 Å². The third-order valence-electron chi connectivity index (χ3n) is 4.20. The van der Waals surface area contributed by atoms with E-state index in [1.54, 1.807) is 7.11 Å². The summed E-state index contributed by atoms with van der Waals surface area (Å²) in [5.41, 5.74) is 0.262. The highest BCUT2D eigenvalue weighted by Gasteiger charge is 2.27. The molecule has 0 saturated carbocycles. The second kappa shape index (κ2) is 8.63. The highest BCUT2D eigenvalue weighted by atomic mass is 16.5. The third-order valence-corrected chi connectivity index (χ3v) is 4.20. The molecule has 0 bridgehead atoms. The van der Waals surface area contributed by atoms with Gasteiger partial charge in [-0.2, -0.15) is 0 Å². The summed E-state index contributed by atoms with van der Waals surface area (Å²) in [5.74, 6) is 0.697. The van der Waals surface area contributed by atoms with Gasteiger partial charge in [-0.3, -0.25) is 14.2 Å². The Balaban J connectivity index is 1.77. The molecule has 9 heteroatoms. The average molecular weight is 373 g/mol. The third kappa shape index (κ3) is 4.08. The number of ether oxygens (including phenoxy) is 2. The van der Waals surface area contributed by atoms with E-state index in [-0.39, 0.29) is 5.69 Å². The van der Waals surface area contributed by atoms with Crippen molar-refractivity contribution in [3.05, 3.63) is 40.3 Å². The van der Waals surface area contributed by atoms with Crippen LogP contribution in [-0.4, -0.2) is 54.1 Å². The molecule has 3 rings (SSSR count). The Bertz CT molecular complexity index is 850. The van der Waals surface area contributed by atoms with Gasteiger partial charge in [-0.15, -0.1) is 10.2 Å². The lowest BCUT2D eigenvalue weighted by atomic mass is 10.3. The number of hydrogen-bond donors (Lipinski definition) is 1. The van der Waals surface area contributed by atoms with Crippen molar-refractivity contribution in [2.24, 2.45) is 0 Å². The van der Waals surface area contributed by atoms with Crippen LogP contribution >= 0.6 is 0 Å². The van der Waals surface area contributed by atoms with Crippen LogP contribution in [0.2, 0.25) is 0 Å². The molecule has 0 radical (unpaired) electrons. The molecule has 1 amide bonds. The molecule has 0 unspecified atom stereocenters. The monoisotopic (exact) mass is 373 g/mol. The molecule has 144 valence electrons. The molecule has 2 aromatic rings. The lowest BCUT2D eigenvalue weighted by Crippen LogP contribution is -2.35. The Kier molecular flexibility index (Phi) is 6.02. The van der Waals surface area contributed by atoms with Crippen LogP contribution in [0.5, 0.6) is 5.75 Å². The summed E-state index contributed by atoms with van der Waals surface area (Å²) in [4.78, 5) is 26.7. The van der Waals surface area contributed by atoms with Crippen LogP contribution in [0.15, 0.2) is 29.1 Å². The smallest absolute Gasteiger partial charge is 0.286 e. The predicted molar refractivity (Wildman–Crippen MR) is 99.7 cm³/mol. The number of rotatable bonds is 8. The summed E-state index contributed by atoms with van der Waals surface area (Å²) in [5, 5.41) is 10.7. The molecule has 0 saturated heterocycles. The molecule has 1 N–H and O–H groups in total. The van der Waals surface area contributed by atoms with Crippen molar-refractivity contribution in [3.63, 3.8) is 0 Å². The number of benzene rings is 1. The highest BCUT2D eigenvalue weighted by molar-refractivity contribution is 5.91. The van der Waals surface area contributed by atoms with Gasteiger partial charge in [-0.25, -0.2) is 0 Å². The number of carbonyl (C=O) groups is 1.